The van der Waals surface area contributed by atoms with E-state index in [1.54, 1.807) is 19.1 Å². The number of benzene rings is 1. The molecule has 1 aromatic carbocycles. The van der Waals surface area contributed by atoms with Crippen LogP contribution in [0.15, 0.2) is 18.2 Å². The van der Waals surface area contributed by atoms with Crippen molar-refractivity contribution in [3.63, 3.8) is 0 Å². The molecule has 0 fully saturated rings. The molecule has 0 atom stereocenters. The van der Waals surface area contributed by atoms with Crippen molar-refractivity contribution >= 4 is 45.5 Å². The molecular formula is C12H10FIN2OS. The molecule has 1 N–H and O–H groups in total. The maximum absolute atomic E-state index is 13.3. The zero-order chi connectivity index (χ0) is 13.3. The summed E-state index contributed by atoms with van der Waals surface area (Å²) in [5, 5.41) is 3.54. The molecule has 0 bridgehead atoms. The molecule has 0 aliphatic carbocycles. The summed E-state index contributed by atoms with van der Waals surface area (Å²) < 4.78 is 13.8. The number of carbonyl (C=O) groups is 1. The van der Waals surface area contributed by atoms with Crippen LogP contribution in [0.25, 0.3) is 0 Å². The van der Waals surface area contributed by atoms with Crippen molar-refractivity contribution in [1.29, 1.82) is 0 Å². The van der Waals surface area contributed by atoms with E-state index in [2.05, 4.69) is 10.3 Å². The highest BCUT2D eigenvalue weighted by Gasteiger charge is 2.15. The van der Waals surface area contributed by atoms with Crippen LogP contribution < -0.4 is 5.32 Å². The quantitative estimate of drug-likeness (QED) is 0.812. The van der Waals surface area contributed by atoms with Gasteiger partial charge in [-0.05, 0) is 48.6 Å². The molecule has 2 rings (SSSR count). The van der Waals surface area contributed by atoms with Crippen molar-refractivity contribution in [2.24, 2.45) is 0 Å². The molecule has 0 aliphatic rings. The minimum atomic E-state index is -0.342. The van der Waals surface area contributed by atoms with Gasteiger partial charge in [0.2, 0.25) is 0 Å². The van der Waals surface area contributed by atoms with Gasteiger partial charge in [-0.25, -0.2) is 9.37 Å². The lowest BCUT2D eigenvalue weighted by Gasteiger charge is -2.06. The van der Waals surface area contributed by atoms with Crippen molar-refractivity contribution < 1.29 is 9.18 Å². The fourth-order valence-electron chi connectivity index (χ4n) is 1.52. The number of carbonyl (C=O) groups excluding carboxylic acids is 1. The summed E-state index contributed by atoms with van der Waals surface area (Å²) in [6.45, 7) is 3.63. The van der Waals surface area contributed by atoms with E-state index in [9.17, 15) is 9.18 Å². The minimum absolute atomic E-state index is 0.249. The number of aryl methyl sites for hydroxylation is 2. The molecule has 6 heteroatoms. The Morgan fingerprint density at radius 3 is 2.78 bits per heavy atom. The molecular weight excluding hydrogens is 366 g/mol. The van der Waals surface area contributed by atoms with Gasteiger partial charge in [0.1, 0.15) is 10.7 Å². The number of amides is 1. The molecule has 1 heterocycles. The Morgan fingerprint density at radius 2 is 2.17 bits per heavy atom. The number of hydrogen-bond acceptors (Lipinski definition) is 3. The normalized spacial score (nSPS) is 10.4. The summed E-state index contributed by atoms with van der Waals surface area (Å²) in [4.78, 5) is 16.8. The highest BCUT2D eigenvalue weighted by molar-refractivity contribution is 14.1. The van der Waals surface area contributed by atoms with Crippen LogP contribution in [0, 0.1) is 23.2 Å². The first-order valence-corrected chi connectivity index (χ1v) is 7.08. The van der Waals surface area contributed by atoms with E-state index in [-0.39, 0.29) is 11.7 Å². The predicted molar refractivity (Wildman–Crippen MR) is 78.7 cm³/mol. The van der Waals surface area contributed by atoms with Crippen molar-refractivity contribution in [3.8, 4) is 0 Å². The zero-order valence-corrected chi connectivity index (χ0v) is 12.7. The van der Waals surface area contributed by atoms with E-state index in [1.807, 2.05) is 29.5 Å². The van der Waals surface area contributed by atoms with Crippen LogP contribution in [0.4, 0.5) is 10.1 Å². The van der Waals surface area contributed by atoms with Gasteiger partial charge in [0.05, 0.1) is 20.0 Å². The lowest BCUT2D eigenvalue weighted by Crippen LogP contribution is -2.12. The standard InChI is InChI=1S/C12H10FIN2OS/c1-6-11(18-7(2)15-6)12(17)16-9-5-3-4-8(13)10(9)14/h3-5H,1-2H3,(H,16,17). The van der Waals surface area contributed by atoms with Crippen molar-refractivity contribution in [2.45, 2.75) is 13.8 Å². The van der Waals surface area contributed by atoms with E-state index in [1.165, 1.54) is 17.4 Å². The van der Waals surface area contributed by atoms with E-state index < -0.39 is 0 Å². The summed E-state index contributed by atoms with van der Waals surface area (Å²) in [6.07, 6.45) is 0. The highest BCUT2D eigenvalue weighted by atomic mass is 127. The Morgan fingerprint density at radius 1 is 1.44 bits per heavy atom. The number of hydrogen-bond donors (Lipinski definition) is 1. The van der Waals surface area contributed by atoms with E-state index in [0.717, 1.165) is 5.01 Å². The largest absolute Gasteiger partial charge is 0.320 e. The van der Waals surface area contributed by atoms with Crippen LogP contribution >= 0.6 is 33.9 Å². The van der Waals surface area contributed by atoms with Gasteiger partial charge in [0, 0.05) is 0 Å². The SMILES string of the molecule is Cc1nc(C)c(C(=O)Nc2cccc(F)c2I)s1. The second kappa shape index (κ2) is 5.31. The summed E-state index contributed by atoms with van der Waals surface area (Å²) in [7, 11) is 0. The average molecular weight is 376 g/mol. The smallest absolute Gasteiger partial charge is 0.267 e. The Bertz CT molecular complexity index is 612. The van der Waals surface area contributed by atoms with Gasteiger partial charge in [-0.2, -0.15) is 0 Å². The lowest BCUT2D eigenvalue weighted by atomic mass is 10.3. The van der Waals surface area contributed by atoms with Crippen LogP contribution in [0.1, 0.15) is 20.4 Å². The van der Waals surface area contributed by atoms with Crippen LogP contribution in [-0.4, -0.2) is 10.9 Å². The second-order valence-corrected chi connectivity index (χ2v) is 5.98. The molecule has 0 radical (unpaired) electrons. The number of rotatable bonds is 2. The lowest BCUT2D eigenvalue weighted by molar-refractivity contribution is 0.102. The third-order valence-corrected chi connectivity index (χ3v) is 4.48. The third-order valence-electron chi connectivity index (χ3n) is 2.31. The van der Waals surface area contributed by atoms with Gasteiger partial charge < -0.3 is 5.32 Å². The number of aromatic nitrogens is 1. The van der Waals surface area contributed by atoms with E-state index >= 15 is 0 Å². The fraction of sp³-hybridized carbons (Fsp3) is 0.167. The highest BCUT2D eigenvalue weighted by Crippen LogP contribution is 2.23. The molecule has 0 saturated heterocycles. The van der Waals surface area contributed by atoms with Gasteiger partial charge in [-0.15, -0.1) is 11.3 Å². The molecule has 1 amide bonds. The number of nitrogens with zero attached hydrogens (tertiary/aromatic N) is 1. The van der Waals surface area contributed by atoms with Gasteiger partial charge in [-0.3, -0.25) is 4.79 Å². The number of halogens is 2. The monoisotopic (exact) mass is 376 g/mol. The third kappa shape index (κ3) is 2.69. The van der Waals surface area contributed by atoms with E-state index in [4.69, 9.17) is 0 Å². The van der Waals surface area contributed by atoms with Crippen LogP contribution in [0.2, 0.25) is 0 Å². The summed E-state index contributed by atoms with van der Waals surface area (Å²) in [5.74, 6) is -0.591. The van der Waals surface area contributed by atoms with Crippen LogP contribution in [0.3, 0.4) is 0 Å². The van der Waals surface area contributed by atoms with Gasteiger partial charge in [-0.1, -0.05) is 6.07 Å². The number of thiazole rings is 1. The molecule has 2 aromatic rings. The topological polar surface area (TPSA) is 42.0 Å². The Hall–Kier alpha value is -1.02. The van der Waals surface area contributed by atoms with Gasteiger partial charge in [0.25, 0.3) is 5.91 Å². The first kappa shape index (κ1) is 13.4. The average Bonchev–Trinajstić information content (AvgIpc) is 2.64. The number of nitrogens with one attached hydrogen (secondary N) is 1. The number of anilines is 1. The first-order valence-electron chi connectivity index (χ1n) is 5.18. The predicted octanol–water partition coefficient (Wildman–Crippen LogP) is 3.76. The van der Waals surface area contributed by atoms with Crippen LogP contribution in [-0.2, 0) is 0 Å². The van der Waals surface area contributed by atoms with Crippen LogP contribution in [0.5, 0.6) is 0 Å². The van der Waals surface area contributed by atoms with Gasteiger partial charge >= 0.3 is 0 Å². The maximum Gasteiger partial charge on any atom is 0.267 e. The Kier molecular flexibility index (Phi) is 3.96. The van der Waals surface area contributed by atoms with Crippen molar-refractivity contribution in [2.75, 3.05) is 5.32 Å². The maximum atomic E-state index is 13.3. The Labute approximate surface area is 122 Å². The molecule has 0 aliphatic heterocycles. The molecule has 18 heavy (non-hydrogen) atoms. The van der Waals surface area contributed by atoms with Crippen molar-refractivity contribution in [3.05, 3.63) is 43.2 Å². The molecule has 3 nitrogen and oxygen atoms in total. The minimum Gasteiger partial charge on any atom is -0.320 e. The second-order valence-electron chi connectivity index (χ2n) is 3.70. The Balaban J connectivity index is 2.27. The van der Waals surface area contributed by atoms with Gasteiger partial charge in [0.15, 0.2) is 0 Å². The fourth-order valence-corrected chi connectivity index (χ4v) is 2.83. The molecule has 94 valence electrons. The summed E-state index contributed by atoms with van der Waals surface area (Å²) in [5.41, 5.74) is 1.17. The molecule has 1 aromatic heterocycles. The summed E-state index contributed by atoms with van der Waals surface area (Å²) in [6, 6.07) is 4.60. The van der Waals surface area contributed by atoms with Crippen molar-refractivity contribution in [1.82, 2.24) is 4.98 Å². The van der Waals surface area contributed by atoms with E-state index in [0.29, 0.717) is 19.8 Å². The zero-order valence-electron chi connectivity index (χ0n) is 9.75. The molecule has 0 saturated carbocycles. The first-order chi connectivity index (χ1) is 8.49. The summed E-state index contributed by atoms with van der Waals surface area (Å²) >= 11 is 3.20. The molecule has 0 unspecified atom stereocenters. The molecule has 0 spiro atoms.